The molecule has 0 bridgehead atoms. The molecule has 0 saturated carbocycles. The van der Waals surface area contributed by atoms with Gasteiger partial charge in [-0.25, -0.2) is 0 Å². The number of guanidine groups is 3. The summed E-state index contributed by atoms with van der Waals surface area (Å²) in [6.07, 6.45) is 2.24. The van der Waals surface area contributed by atoms with Crippen LogP contribution in [-0.4, -0.2) is 55.1 Å². The normalized spacial score (nSPS) is 10.6. The highest BCUT2D eigenvalue weighted by molar-refractivity contribution is 7.99. The minimum atomic E-state index is -0.420. The van der Waals surface area contributed by atoms with Crippen LogP contribution >= 0.6 is 11.8 Å². The van der Waals surface area contributed by atoms with E-state index in [0.717, 1.165) is 22.3 Å². The van der Waals surface area contributed by atoms with Crippen LogP contribution in [0.15, 0.2) is 62.3 Å². The van der Waals surface area contributed by atoms with E-state index in [4.69, 9.17) is 45.9 Å². The lowest BCUT2D eigenvalue weighted by atomic mass is 9.99. The van der Waals surface area contributed by atoms with E-state index in [2.05, 4.69) is 25.6 Å². The second kappa shape index (κ2) is 18.1. The number of thioether (sulfide) groups is 1. The second-order valence-corrected chi connectivity index (χ2v) is 12.5. The molecule has 0 saturated heterocycles. The Morgan fingerprint density at radius 3 is 1.69 bits per heavy atom. The Morgan fingerprint density at radius 2 is 1.12 bits per heavy atom. The van der Waals surface area contributed by atoms with E-state index in [1.807, 2.05) is 38.1 Å². The van der Waals surface area contributed by atoms with E-state index >= 15 is 0 Å². The van der Waals surface area contributed by atoms with Crippen LogP contribution in [0.25, 0.3) is 0 Å². The highest BCUT2D eigenvalue weighted by atomic mass is 32.2. The first-order chi connectivity index (χ1) is 23.2. The number of carbonyl (C=O) groups is 2. The van der Waals surface area contributed by atoms with Gasteiger partial charge >= 0.3 is 0 Å². The molecule has 262 valence electrons. The Balaban J connectivity index is 1.95. The van der Waals surface area contributed by atoms with Gasteiger partial charge < -0.3 is 56.5 Å². The van der Waals surface area contributed by atoms with Crippen LogP contribution < -0.4 is 56.5 Å². The average molecular weight is 690 g/mol. The topological polar surface area (TPSA) is 303 Å². The summed E-state index contributed by atoms with van der Waals surface area (Å²) in [5.41, 5.74) is 51.4. The molecule has 0 unspecified atom stereocenters. The van der Waals surface area contributed by atoms with E-state index < -0.39 is 11.8 Å². The summed E-state index contributed by atoms with van der Waals surface area (Å²) < 4.78 is 0. The zero-order chi connectivity index (χ0) is 36.1. The summed E-state index contributed by atoms with van der Waals surface area (Å²) in [5.74, 6) is -0.309. The summed E-state index contributed by atoms with van der Waals surface area (Å²) in [4.78, 5) is 40.4. The minimum absolute atomic E-state index is 0.00559. The largest absolute Gasteiger partial charge is 0.398 e. The van der Waals surface area contributed by atoms with Gasteiger partial charge in [-0.15, -0.1) is 11.8 Å². The predicted molar refractivity (Wildman–Crippen MR) is 203 cm³/mol. The van der Waals surface area contributed by atoms with Gasteiger partial charge in [-0.2, -0.15) is 0 Å². The lowest BCUT2D eigenvalue weighted by Crippen LogP contribution is -2.23. The van der Waals surface area contributed by atoms with Crippen LogP contribution in [0.3, 0.4) is 0 Å². The lowest BCUT2D eigenvalue weighted by molar-refractivity contribution is 0.102. The lowest BCUT2D eigenvalue weighted by Gasteiger charge is -2.17. The van der Waals surface area contributed by atoms with E-state index in [-0.39, 0.29) is 29.0 Å². The van der Waals surface area contributed by atoms with E-state index in [9.17, 15) is 9.59 Å². The van der Waals surface area contributed by atoms with Crippen molar-refractivity contribution in [2.24, 2.45) is 49.4 Å². The standard InChI is InChI=1S/C33H47N13O2S/c1-18-11-24(34)23(6-4-8-43-32(38)39)26(13-18)45-29(47)21-15-20(5-3-7-42-31(36)37)16-22(17-21)30(48)46-27-14-19(2)12-25(35)28(27)49-10-9-44-33(40)41/h11-17H,3-10,34-35H2,1-2H3,(H,45,47)(H,46,48)(H4,36,37,42)(H4,38,39,43)(H4,40,41,44). The Kier molecular flexibility index (Phi) is 13.9. The van der Waals surface area contributed by atoms with Gasteiger partial charge in [0.25, 0.3) is 11.8 Å². The Labute approximate surface area is 290 Å². The molecule has 0 aliphatic carbocycles. The maximum absolute atomic E-state index is 13.8. The van der Waals surface area contributed by atoms with Crippen LogP contribution in [0.5, 0.6) is 0 Å². The van der Waals surface area contributed by atoms with E-state index in [0.29, 0.717) is 78.7 Å². The molecule has 15 nitrogen and oxygen atoms in total. The van der Waals surface area contributed by atoms with Crippen molar-refractivity contribution in [2.45, 2.75) is 44.4 Å². The molecule has 18 N–H and O–H groups in total. The molecule has 3 aromatic rings. The molecule has 0 heterocycles. The number of nitrogens with two attached hydrogens (primary N) is 8. The van der Waals surface area contributed by atoms with Crippen molar-refractivity contribution >= 4 is 64.2 Å². The molecule has 0 aliphatic heterocycles. The molecule has 0 fully saturated rings. The first-order valence-electron chi connectivity index (χ1n) is 15.6. The summed E-state index contributed by atoms with van der Waals surface area (Å²) >= 11 is 1.42. The summed E-state index contributed by atoms with van der Waals surface area (Å²) in [7, 11) is 0. The SMILES string of the molecule is Cc1cc(N)c(CCCN=C(N)N)c(NC(=O)c2cc(CCCN=C(N)N)cc(C(=O)Nc3cc(C)cc(N)c3SCCN=C(N)N)c2)c1. The van der Waals surface area contributed by atoms with Crippen molar-refractivity contribution in [2.75, 3.05) is 47.5 Å². The number of nitrogens with zero attached hydrogens (tertiary/aromatic N) is 3. The number of benzene rings is 3. The Morgan fingerprint density at radius 1 is 0.633 bits per heavy atom. The second-order valence-electron chi connectivity index (χ2n) is 11.4. The van der Waals surface area contributed by atoms with Crippen LogP contribution in [-0.2, 0) is 12.8 Å². The number of hydrogen-bond donors (Lipinski definition) is 10. The molecule has 2 amide bonds. The summed E-state index contributed by atoms with van der Waals surface area (Å²) in [6.45, 7) is 4.94. The molecule has 16 heteroatoms. The first kappa shape index (κ1) is 37.8. The zero-order valence-corrected chi connectivity index (χ0v) is 28.7. The number of nitrogen functional groups attached to an aromatic ring is 2. The van der Waals surface area contributed by atoms with Gasteiger partial charge in [0.15, 0.2) is 17.9 Å². The fourth-order valence-electron chi connectivity index (χ4n) is 5.06. The number of rotatable bonds is 16. The number of anilines is 4. The Hall–Kier alpha value is -5.64. The molecule has 0 aliphatic rings. The number of aryl methyl sites for hydroxylation is 3. The maximum Gasteiger partial charge on any atom is 0.255 e. The molecule has 0 radical (unpaired) electrons. The average Bonchev–Trinajstić information content (AvgIpc) is 3.01. The third-order valence-electron chi connectivity index (χ3n) is 7.13. The van der Waals surface area contributed by atoms with Crippen molar-refractivity contribution in [3.63, 3.8) is 0 Å². The Bertz CT molecular complexity index is 1630. The fourth-order valence-corrected chi connectivity index (χ4v) is 5.93. The van der Waals surface area contributed by atoms with Gasteiger partial charge in [0.2, 0.25) is 0 Å². The molecule has 3 aromatic carbocycles. The van der Waals surface area contributed by atoms with E-state index in [1.54, 1.807) is 18.2 Å². The van der Waals surface area contributed by atoms with Crippen LogP contribution in [0.4, 0.5) is 22.7 Å². The highest BCUT2D eigenvalue weighted by Gasteiger charge is 2.18. The van der Waals surface area contributed by atoms with Gasteiger partial charge in [0.1, 0.15) is 0 Å². The van der Waals surface area contributed by atoms with Crippen LogP contribution in [0.2, 0.25) is 0 Å². The van der Waals surface area contributed by atoms with Crippen molar-refractivity contribution in [1.82, 2.24) is 0 Å². The first-order valence-corrected chi connectivity index (χ1v) is 16.6. The van der Waals surface area contributed by atoms with Gasteiger partial charge in [-0.1, -0.05) is 0 Å². The molecule has 3 rings (SSSR count). The number of hydrogen-bond acceptors (Lipinski definition) is 8. The molecular formula is C33H47N13O2S. The quantitative estimate of drug-likeness (QED) is 0.0339. The predicted octanol–water partition coefficient (Wildman–Crippen LogP) is 1.75. The monoisotopic (exact) mass is 689 g/mol. The van der Waals surface area contributed by atoms with Crippen LogP contribution in [0.1, 0.15) is 55.8 Å². The molecule has 0 spiro atoms. The number of nitrogens with one attached hydrogen (secondary N) is 2. The van der Waals surface area contributed by atoms with Gasteiger partial charge in [0.05, 0.1) is 17.1 Å². The van der Waals surface area contributed by atoms with Crippen molar-refractivity contribution in [1.29, 1.82) is 0 Å². The van der Waals surface area contributed by atoms with Crippen molar-refractivity contribution in [3.05, 3.63) is 75.8 Å². The third kappa shape index (κ3) is 12.2. The number of aliphatic imine (C=N–C) groups is 3. The molecule has 0 aromatic heterocycles. The molecular weight excluding hydrogens is 643 g/mol. The third-order valence-corrected chi connectivity index (χ3v) is 8.26. The van der Waals surface area contributed by atoms with E-state index in [1.165, 1.54) is 11.8 Å². The summed E-state index contributed by atoms with van der Waals surface area (Å²) in [6, 6.07) is 12.4. The number of amides is 2. The molecule has 0 atom stereocenters. The van der Waals surface area contributed by atoms with Gasteiger partial charge in [-0.05, 0) is 104 Å². The minimum Gasteiger partial charge on any atom is -0.398 e. The fraction of sp³-hybridized carbons (Fsp3) is 0.303. The van der Waals surface area contributed by atoms with Gasteiger partial charge in [-0.3, -0.25) is 24.6 Å². The highest BCUT2D eigenvalue weighted by Crippen LogP contribution is 2.35. The van der Waals surface area contributed by atoms with Crippen molar-refractivity contribution in [3.8, 4) is 0 Å². The summed E-state index contributed by atoms with van der Waals surface area (Å²) in [5, 5.41) is 5.99. The van der Waals surface area contributed by atoms with Crippen LogP contribution in [0, 0.1) is 13.8 Å². The molecule has 49 heavy (non-hydrogen) atoms. The van der Waals surface area contributed by atoms with Crippen molar-refractivity contribution < 1.29 is 9.59 Å². The maximum atomic E-state index is 13.8. The smallest absolute Gasteiger partial charge is 0.255 e. The number of carbonyl (C=O) groups excluding carboxylic acids is 2. The van der Waals surface area contributed by atoms with Gasteiger partial charge in [0, 0.05) is 47.0 Å². The zero-order valence-electron chi connectivity index (χ0n) is 27.9.